The molecule has 2 atom stereocenters. The molecule has 0 spiro atoms. The lowest BCUT2D eigenvalue weighted by Crippen LogP contribution is -2.48. The number of sulfonamides is 1. The molecule has 0 radical (unpaired) electrons. The van der Waals surface area contributed by atoms with E-state index in [-0.39, 0.29) is 29.3 Å². The molecule has 0 bridgehead atoms. The van der Waals surface area contributed by atoms with Gasteiger partial charge in [0.05, 0.1) is 36.9 Å². The Labute approximate surface area is 190 Å². The Kier molecular flexibility index (Phi) is 7.48. The van der Waals surface area contributed by atoms with E-state index in [0.717, 1.165) is 25.9 Å². The number of anilines is 1. The minimum atomic E-state index is -3.60. The minimum Gasteiger partial charge on any atom is -0.373 e. The molecular formula is C22H33N3O6S. The second-order valence-electron chi connectivity index (χ2n) is 8.88. The molecule has 0 saturated carbocycles. The van der Waals surface area contributed by atoms with Crippen LogP contribution in [0.2, 0.25) is 0 Å². The quantitative estimate of drug-likeness (QED) is 0.677. The fourth-order valence-corrected chi connectivity index (χ4v) is 6.21. The van der Waals surface area contributed by atoms with E-state index in [4.69, 9.17) is 14.2 Å². The van der Waals surface area contributed by atoms with Crippen LogP contribution < -0.4 is 5.32 Å². The Balaban J connectivity index is 1.27. The number of hydrogen-bond acceptors (Lipinski definition) is 7. The maximum absolute atomic E-state index is 13.0. The van der Waals surface area contributed by atoms with Crippen molar-refractivity contribution in [3.8, 4) is 0 Å². The first-order valence-corrected chi connectivity index (χ1v) is 12.8. The third kappa shape index (κ3) is 5.67. The largest absolute Gasteiger partial charge is 0.373 e. The fourth-order valence-electron chi connectivity index (χ4n) is 4.62. The Morgan fingerprint density at radius 2 is 1.62 bits per heavy atom. The standard InChI is InChI=1S/C22H33N3O6S/c1-16-13-25(14-17(2)31-16)32(27,28)20-5-3-19(4-6-20)23-21(26)15-24-9-7-18(8-10-24)22-29-11-12-30-22/h3-6,16-18,22H,7-15H2,1-2H3,(H,23,26). The molecule has 3 fully saturated rings. The average molecular weight is 468 g/mol. The lowest BCUT2D eigenvalue weighted by atomic mass is 9.96. The third-order valence-corrected chi connectivity index (χ3v) is 8.04. The Morgan fingerprint density at radius 3 is 2.22 bits per heavy atom. The summed E-state index contributed by atoms with van der Waals surface area (Å²) in [4.78, 5) is 14.8. The number of ether oxygens (including phenoxy) is 3. The number of carbonyl (C=O) groups excluding carboxylic acids is 1. The van der Waals surface area contributed by atoms with Gasteiger partial charge in [-0.2, -0.15) is 4.31 Å². The average Bonchev–Trinajstić information content (AvgIpc) is 3.29. The summed E-state index contributed by atoms with van der Waals surface area (Å²) in [6.45, 7) is 7.70. The molecule has 9 nitrogen and oxygen atoms in total. The van der Waals surface area contributed by atoms with Crippen molar-refractivity contribution in [1.82, 2.24) is 9.21 Å². The van der Waals surface area contributed by atoms with Crippen LogP contribution in [0.25, 0.3) is 0 Å². The first kappa shape index (κ1) is 23.6. The van der Waals surface area contributed by atoms with Gasteiger partial charge in [0.2, 0.25) is 15.9 Å². The molecule has 1 aromatic carbocycles. The number of likely N-dealkylation sites (tertiary alicyclic amines) is 1. The second-order valence-corrected chi connectivity index (χ2v) is 10.8. The van der Waals surface area contributed by atoms with Crippen molar-refractivity contribution in [3.63, 3.8) is 0 Å². The summed E-state index contributed by atoms with van der Waals surface area (Å²) in [7, 11) is -3.60. The van der Waals surface area contributed by atoms with E-state index in [1.807, 2.05) is 13.8 Å². The van der Waals surface area contributed by atoms with Crippen LogP contribution in [-0.4, -0.2) is 88.0 Å². The van der Waals surface area contributed by atoms with Crippen molar-refractivity contribution in [3.05, 3.63) is 24.3 Å². The Bertz CT molecular complexity index is 869. The predicted molar refractivity (Wildman–Crippen MR) is 119 cm³/mol. The monoisotopic (exact) mass is 467 g/mol. The normalized spacial score (nSPS) is 26.9. The van der Waals surface area contributed by atoms with Gasteiger partial charge in [-0.05, 0) is 64.0 Å². The molecule has 3 aliphatic rings. The molecule has 10 heteroatoms. The zero-order chi connectivity index (χ0) is 22.7. The molecule has 2 unspecified atom stereocenters. The van der Waals surface area contributed by atoms with E-state index in [9.17, 15) is 13.2 Å². The molecule has 0 aromatic heterocycles. The highest BCUT2D eigenvalue weighted by molar-refractivity contribution is 7.89. The number of hydrogen-bond donors (Lipinski definition) is 1. The SMILES string of the molecule is CC1CN(S(=O)(=O)c2ccc(NC(=O)CN3CCC(C4OCCO4)CC3)cc2)CC(C)O1. The molecule has 1 amide bonds. The van der Waals surface area contributed by atoms with Crippen molar-refractivity contribution < 1.29 is 27.4 Å². The Hall–Kier alpha value is -1.56. The van der Waals surface area contributed by atoms with E-state index in [1.165, 1.54) is 4.31 Å². The number of piperidine rings is 1. The van der Waals surface area contributed by atoms with Crippen LogP contribution in [0.15, 0.2) is 29.2 Å². The highest BCUT2D eigenvalue weighted by Crippen LogP contribution is 2.26. The van der Waals surface area contributed by atoms with E-state index < -0.39 is 10.0 Å². The number of benzene rings is 1. The lowest BCUT2D eigenvalue weighted by Gasteiger charge is -2.34. The summed E-state index contributed by atoms with van der Waals surface area (Å²) in [5.41, 5.74) is 0.584. The number of amides is 1. The van der Waals surface area contributed by atoms with Gasteiger partial charge in [0.1, 0.15) is 0 Å². The summed E-state index contributed by atoms with van der Waals surface area (Å²) in [6.07, 6.45) is 1.52. The number of nitrogens with one attached hydrogen (secondary N) is 1. The van der Waals surface area contributed by atoms with Crippen molar-refractivity contribution in [2.75, 3.05) is 51.3 Å². The highest BCUT2D eigenvalue weighted by Gasteiger charge is 2.33. The van der Waals surface area contributed by atoms with Gasteiger partial charge < -0.3 is 19.5 Å². The molecule has 1 aromatic rings. The van der Waals surface area contributed by atoms with E-state index in [0.29, 0.717) is 44.5 Å². The van der Waals surface area contributed by atoms with E-state index in [2.05, 4.69) is 10.2 Å². The van der Waals surface area contributed by atoms with Gasteiger partial charge in [0, 0.05) is 24.7 Å². The predicted octanol–water partition coefficient (Wildman–Crippen LogP) is 1.51. The van der Waals surface area contributed by atoms with Crippen LogP contribution in [0.4, 0.5) is 5.69 Å². The maximum atomic E-state index is 13.0. The van der Waals surface area contributed by atoms with Gasteiger partial charge >= 0.3 is 0 Å². The van der Waals surface area contributed by atoms with E-state index >= 15 is 0 Å². The topological polar surface area (TPSA) is 97.4 Å². The van der Waals surface area contributed by atoms with Gasteiger partial charge in [-0.3, -0.25) is 9.69 Å². The molecule has 3 aliphatic heterocycles. The number of nitrogens with zero attached hydrogens (tertiary/aromatic N) is 2. The van der Waals surface area contributed by atoms with Crippen LogP contribution >= 0.6 is 0 Å². The summed E-state index contributed by atoms with van der Waals surface area (Å²) in [5, 5.41) is 2.87. The lowest BCUT2D eigenvalue weighted by molar-refractivity contribution is -0.119. The zero-order valence-electron chi connectivity index (χ0n) is 18.7. The van der Waals surface area contributed by atoms with Crippen LogP contribution in [0.3, 0.4) is 0 Å². The van der Waals surface area contributed by atoms with Gasteiger partial charge in [-0.25, -0.2) is 8.42 Å². The van der Waals surface area contributed by atoms with E-state index in [1.54, 1.807) is 24.3 Å². The minimum absolute atomic E-state index is 0.0929. The first-order valence-electron chi connectivity index (χ1n) is 11.3. The summed E-state index contributed by atoms with van der Waals surface area (Å²) in [5.74, 6) is 0.284. The van der Waals surface area contributed by atoms with Crippen LogP contribution in [0, 0.1) is 5.92 Å². The van der Waals surface area contributed by atoms with Gasteiger partial charge in [-0.1, -0.05) is 0 Å². The molecule has 0 aliphatic carbocycles. The maximum Gasteiger partial charge on any atom is 0.243 e. The summed E-state index contributed by atoms with van der Waals surface area (Å²) in [6, 6.07) is 6.36. The van der Waals surface area contributed by atoms with Crippen molar-refractivity contribution in [2.24, 2.45) is 5.92 Å². The number of rotatable bonds is 6. The molecular weight excluding hydrogens is 434 g/mol. The molecule has 178 valence electrons. The number of morpholine rings is 1. The Morgan fingerprint density at radius 1 is 1.03 bits per heavy atom. The smallest absolute Gasteiger partial charge is 0.243 e. The number of carbonyl (C=O) groups is 1. The molecule has 3 saturated heterocycles. The summed E-state index contributed by atoms with van der Waals surface area (Å²) < 4.78 is 44.2. The molecule has 3 heterocycles. The molecule has 4 rings (SSSR count). The highest BCUT2D eigenvalue weighted by atomic mass is 32.2. The van der Waals surface area contributed by atoms with Gasteiger partial charge in [0.25, 0.3) is 0 Å². The molecule has 32 heavy (non-hydrogen) atoms. The summed E-state index contributed by atoms with van der Waals surface area (Å²) >= 11 is 0. The van der Waals surface area contributed by atoms with Crippen LogP contribution in [0.1, 0.15) is 26.7 Å². The van der Waals surface area contributed by atoms with Gasteiger partial charge in [-0.15, -0.1) is 0 Å². The fraction of sp³-hybridized carbons (Fsp3) is 0.682. The van der Waals surface area contributed by atoms with Crippen LogP contribution in [0.5, 0.6) is 0 Å². The van der Waals surface area contributed by atoms with Crippen molar-refractivity contribution >= 4 is 21.6 Å². The van der Waals surface area contributed by atoms with Gasteiger partial charge in [0.15, 0.2) is 6.29 Å². The molecule has 1 N–H and O–H groups in total. The van der Waals surface area contributed by atoms with Crippen LogP contribution in [-0.2, 0) is 29.0 Å². The first-order chi connectivity index (χ1) is 15.3. The second kappa shape index (κ2) is 10.1. The van der Waals surface area contributed by atoms with Crippen molar-refractivity contribution in [2.45, 2.75) is 50.1 Å². The third-order valence-electron chi connectivity index (χ3n) is 6.19. The van der Waals surface area contributed by atoms with Crippen molar-refractivity contribution in [1.29, 1.82) is 0 Å². The zero-order valence-corrected chi connectivity index (χ0v) is 19.6.